The van der Waals surface area contributed by atoms with Crippen molar-refractivity contribution in [3.63, 3.8) is 0 Å². The number of hydrogen-bond donors (Lipinski definition) is 4. The minimum Gasteiger partial charge on any atom is -0.388 e. The number of carbonyl (C=O) groups is 2. The van der Waals surface area contributed by atoms with Crippen LogP contribution in [-0.4, -0.2) is 86.6 Å². The number of aliphatic hydroxyl groups is 3. The van der Waals surface area contributed by atoms with Gasteiger partial charge >= 0.3 is 0 Å². The van der Waals surface area contributed by atoms with Gasteiger partial charge in [0.05, 0.1) is 6.04 Å². The van der Waals surface area contributed by atoms with Gasteiger partial charge in [0.1, 0.15) is 35.9 Å². The molecule has 0 spiro atoms. The predicted octanol–water partition coefficient (Wildman–Crippen LogP) is 1.67. The van der Waals surface area contributed by atoms with E-state index >= 15 is 0 Å². The largest absolute Gasteiger partial charge is 0.388 e. The summed E-state index contributed by atoms with van der Waals surface area (Å²) in [6, 6.07) is -0.991. The van der Waals surface area contributed by atoms with Gasteiger partial charge in [-0.3, -0.25) is 9.59 Å². The first-order chi connectivity index (χ1) is 15.5. The molecule has 2 aliphatic heterocycles. The molecule has 0 aromatic carbocycles. The molecule has 8 unspecified atom stereocenters. The van der Waals surface area contributed by atoms with E-state index in [-0.39, 0.29) is 17.6 Å². The summed E-state index contributed by atoms with van der Waals surface area (Å²) in [6.07, 6.45) is 2.32. The predicted molar refractivity (Wildman–Crippen MR) is 130 cm³/mol. The maximum atomic E-state index is 13.6. The number of ketones is 1. The van der Waals surface area contributed by atoms with Crippen LogP contribution in [0.25, 0.3) is 0 Å². The van der Waals surface area contributed by atoms with Crippen molar-refractivity contribution in [2.45, 2.75) is 102 Å². The van der Waals surface area contributed by atoms with Gasteiger partial charge in [-0.15, -0.1) is 11.8 Å². The highest BCUT2D eigenvalue weighted by Crippen LogP contribution is 2.32. The maximum Gasteiger partial charge on any atom is 0.243 e. The van der Waals surface area contributed by atoms with Crippen LogP contribution in [0, 0.1) is 11.8 Å². The number of nitrogens with one attached hydrogen (secondary N) is 1. The zero-order valence-electron chi connectivity index (χ0n) is 20.7. The molecule has 33 heavy (non-hydrogen) atoms. The first-order valence-electron chi connectivity index (χ1n) is 12.0. The third kappa shape index (κ3) is 6.94. The second kappa shape index (κ2) is 12.5. The van der Waals surface area contributed by atoms with Crippen LogP contribution in [0.4, 0.5) is 0 Å². The summed E-state index contributed by atoms with van der Waals surface area (Å²) in [4.78, 5) is 27.3. The normalized spacial score (nSPS) is 34.3. The van der Waals surface area contributed by atoms with E-state index in [1.54, 1.807) is 12.3 Å². The fraction of sp³-hybridized carbons (Fsp3) is 0.833. The molecular weight excluding hydrogens is 444 g/mol. The second-order valence-electron chi connectivity index (χ2n) is 9.74. The Labute approximate surface area is 202 Å². The molecule has 190 valence electrons. The molecule has 0 aliphatic carbocycles. The van der Waals surface area contributed by atoms with Gasteiger partial charge in [-0.25, -0.2) is 0 Å². The van der Waals surface area contributed by atoms with Gasteiger partial charge in [0.15, 0.2) is 5.78 Å². The first-order valence-corrected chi connectivity index (χ1v) is 13.3. The molecule has 0 saturated carbocycles. The number of piperidine rings is 1. The quantitative estimate of drug-likeness (QED) is 0.364. The molecular formula is C24H42N2O6S. The van der Waals surface area contributed by atoms with Gasteiger partial charge < -0.3 is 30.3 Å². The lowest BCUT2D eigenvalue weighted by molar-refractivity contribution is -0.208. The number of allylic oxidation sites excluding steroid dienone is 2. The van der Waals surface area contributed by atoms with Crippen molar-refractivity contribution in [1.29, 1.82) is 0 Å². The van der Waals surface area contributed by atoms with Gasteiger partial charge in [0, 0.05) is 12.2 Å². The van der Waals surface area contributed by atoms with Crippen LogP contribution < -0.4 is 5.32 Å². The molecule has 8 nitrogen and oxygen atoms in total. The third-order valence-corrected chi connectivity index (χ3v) is 7.65. The molecule has 2 rings (SSSR count). The average molecular weight is 487 g/mol. The van der Waals surface area contributed by atoms with E-state index in [2.05, 4.69) is 12.2 Å². The fourth-order valence-electron chi connectivity index (χ4n) is 5.01. The minimum atomic E-state index is -1.36. The standard InChI is InChI=1S/C24H42N2O6S/c1-7-8-16-9-10-26(14(4)11-15(5)27)17(12-16)23(31)25-18(13(2)3)22-20(29)19(28)21(30)24(32-22)33-6/h11,13,16-22,24,28-30H,7-10,12H2,1-6H3,(H,25,31). The van der Waals surface area contributed by atoms with E-state index < -0.39 is 41.9 Å². The summed E-state index contributed by atoms with van der Waals surface area (Å²) >= 11 is 1.25. The Morgan fingerprint density at radius 2 is 1.85 bits per heavy atom. The summed E-state index contributed by atoms with van der Waals surface area (Å²) in [5, 5.41) is 34.3. The van der Waals surface area contributed by atoms with E-state index in [9.17, 15) is 24.9 Å². The Kier molecular flexibility index (Phi) is 10.7. The van der Waals surface area contributed by atoms with Crippen molar-refractivity contribution >= 4 is 23.5 Å². The van der Waals surface area contributed by atoms with Gasteiger partial charge in [-0.1, -0.05) is 33.6 Å². The van der Waals surface area contributed by atoms with Crippen LogP contribution in [0.3, 0.4) is 0 Å². The molecule has 0 bridgehead atoms. The molecule has 2 heterocycles. The number of carbonyl (C=O) groups excluding carboxylic acids is 2. The number of rotatable bonds is 9. The Bertz CT molecular complexity index is 700. The number of hydrogen-bond acceptors (Lipinski definition) is 8. The summed E-state index contributed by atoms with van der Waals surface area (Å²) in [6.45, 7) is 10.0. The lowest BCUT2D eigenvalue weighted by Crippen LogP contribution is -2.65. The molecule has 1 amide bonds. The monoisotopic (exact) mass is 486 g/mol. The minimum absolute atomic E-state index is 0.0585. The maximum absolute atomic E-state index is 13.6. The lowest BCUT2D eigenvalue weighted by Gasteiger charge is -2.45. The second-order valence-corrected chi connectivity index (χ2v) is 10.7. The Morgan fingerprint density at radius 1 is 1.18 bits per heavy atom. The zero-order chi connectivity index (χ0) is 24.9. The van der Waals surface area contributed by atoms with E-state index in [1.807, 2.05) is 25.7 Å². The number of aliphatic hydroxyl groups excluding tert-OH is 3. The third-order valence-electron chi connectivity index (χ3n) is 6.80. The number of ether oxygens (including phenoxy) is 1. The number of nitrogens with zero attached hydrogens (tertiary/aromatic N) is 1. The molecule has 2 fully saturated rings. The van der Waals surface area contributed by atoms with Crippen LogP contribution in [0.2, 0.25) is 0 Å². The van der Waals surface area contributed by atoms with Gasteiger partial charge in [-0.2, -0.15) is 0 Å². The van der Waals surface area contributed by atoms with E-state index in [0.29, 0.717) is 18.9 Å². The van der Waals surface area contributed by atoms with Crippen LogP contribution in [-0.2, 0) is 14.3 Å². The van der Waals surface area contributed by atoms with Gasteiger partial charge in [0.2, 0.25) is 5.91 Å². The molecule has 2 saturated heterocycles. The van der Waals surface area contributed by atoms with Crippen LogP contribution in [0.1, 0.15) is 60.3 Å². The Morgan fingerprint density at radius 3 is 2.39 bits per heavy atom. The summed E-state index contributed by atoms with van der Waals surface area (Å²) < 4.78 is 5.95. The molecule has 0 aromatic heterocycles. The topological polar surface area (TPSA) is 119 Å². The number of amides is 1. The lowest BCUT2D eigenvalue weighted by atomic mass is 9.85. The zero-order valence-corrected chi connectivity index (χ0v) is 21.5. The fourth-order valence-corrected chi connectivity index (χ4v) is 5.69. The van der Waals surface area contributed by atoms with Crippen LogP contribution >= 0.6 is 11.8 Å². The average Bonchev–Trinajstić information content (AvgIpc) is 2.75. The van der Waals surface area contributed by atoms with Crippen molar-refractivity contribution in [1.82, 2.24) is 10.2 Å². The highest BCUT2D eigenvalue weighted by atomic mass is 32.2. The Balaban J connectivity index is 2.27. The summed E-state index contributed by atoms with van der Waals surface area (Å²) in [5.74, 6) is 0.106. The molecule has 0 radical (unpaired) electrons. The van der Waals surface area contributed by atoms with E-state index in [0.717, 1.165) is 25.0 Å². The molecule has 2 aliphatic rings. The molecule has 9 heteroatoms. The highest BCUT2D eigenvalue weighted by molar-refractivity contribution is 7.99. The van der Waals surface area contributed by atoms with Crippen molar-refractivity contribution in [3.8, 4) is 0 Å². The van der Waals surface area contributed by atoms with Crippen molar-refractivity contribution in [3.05, 3.63) is 11.8 Å². The highest BCUT2D eigenvalue weighted by Gasteiger charge is 2.48. The van der Waals surface area contributed by atoms with Crippen LogP contribution in [0.5, 0.6) is 0 Å². The van der Waals surface area contributed by atoms with Gasteiger partial charge in [0.25, 0.3) is 0 Å². The first kappa shape index (κ1) is 28.1. The smallest absolute Gasteiger partial charge is 0.243 e. The SMILES string of the molecule is CCCC1CCN(C(C)=CC(C)=O)C(C(=O)NC(C(C)C)C2OC(SC)C(O)C(O)C2O)C1. The molecule has 0 aromatic rings. The summed E-state index contributed by atoms with van der Waals surface area (Å²) in [7, 11) is 0. The number of likely N-dealkylation sites (tertiary alicyclic amines) is 1. The number of thioether (sulfide) groups is 1. The van der Waals surface area contributed by atoms with Crippen LogP contribution in [0.15, 0.2) is 11.8 Å². The molecule has 4 N–H and O–H groups in total. The van der Waals surface area contributed by atoms with Crippen molar-refractivity contribution in [2.75, 3.05) is 12.8 Å². The Hall–Kier alpha value is -1.13. The van der Waals surface area contributed by atoms with Gasteiger partial charge in [-0.05, 0) is 50.9 Å². The summed E-state index contributed by atoms with van der Waals surface area (Å²) in [5.41, 5.74) is 0.0704. The van der Waals surface area contributed by atoms with Crippen molar-refractivity contribution < 1.29 is 29.6 Å². The van der Waals surface area contributed by atoms with E-state index in [1.165, 1.54) is 18.7 Å². The molecule has 8 atom stereocenters. The van der Waals surface area contributed by atoms with Crippen molar-refractivity contribution in [2.24, 2.45) is 11.8 Å². The van der Waals surface area contributed by atoms with E-state index in [4.69, 9.17) is 4.74 Å².